The van der Waals surface area contributed by atoms with Gasteiger partial charge < -0.3 is 10.0 Å². The molecule has 1 heterocycles. The fourth-order valence-corrected chi connectivity index (χ4v) is 2.10. The summed E-state index contributed by atoms with van der Waals surface area (Å²) in [5, 5.41) is 8.35. The van der Waals surface area contributed by atoms with Crippen LogP contribution in [0.3, 0.4) is 0 Å². The molecule has 1 aliphatic heterocycles. The zero-order valence-corrected chi connectivity index (χ0v) is 8.63. The van der Waals surface area contributed by atoms with Crippen LogP contribution in [0.4, 0.5) is 0 Å². The van der Waals surface area contributed by atoms with E-state index in [4.69, 9.17) is 5.11 Å². The van der Waals surface area contributed by atoms with E-state index in [0.29, 0.717) is 6.54 Å². The molecule has 1 aliphatic rings. The first-order valence-electron chi connectivity index (χ1n) is 4.48. The molecule has 1 rings (SSSR count). The molecule has 0 unspecified atom stereocenters. The van der Waals surface area contributed by atoms with Gasteiger partial charge in [-0.2, -0.15) is 11.8 Å². The molecule has 0 aromatic carbocycles. The van der Waals surface area contributed by atoms with Crippen molar-refractivity contribution in [2.75, 3.05) is 24.6 Å². The summed E-state index contributed by atoms with van der Waals surface area (Å²) in [6.07, 6.45) is 3.00. The van der Waals surface area contributed by atoms with Gasteiger partial charge in [-0.15, -0.1) is 0 Å². The molecule has 0 atom stereocenters. The molecule has 0 bridgehead atoms. The van der Waals surface area contributed by atoms with E-state index in [1.807, 2.05) is 11.8 Å². The Labute approximate surface area is 87.0 Å². The molecule has 1 amide bonds. The third-order valence-electron chi connectivity index (χ3n) is 1.90. The average Bonchev–Trinajstić information content (AvgIpc) is 2.42. The second-order valence-corrected chi connectivity index (χ2v) is 4.19. The molecule has 0 aliphatic carbocycles. The van der Waals surface area contributed by atoms with Crippen LogP contribution < -0.4 is 0 Å². The Hall–Kier alpha value is -0.970. The number of amides is 1. The fourth-order valence-electron chi connectivity index (χ4n) is 1.21. The van der Waals surface area contributed by atoms with Crippen molar-refractivity contribution in [2.24, 2.45) is 0 Å². The SMILES string of the molecule is O=C(O)/C=C/C(=O)N1CCCSCC1. The number of aliphatic carboxylic acids is 1. The molecule has 0 saturated carbocycles. The molecule has 1 saturated heterocycles. The van der Waals surface area contributed by atoms with Crippen LogP contribution in [0, 0.1) is 0 Å². The monoisotopic (exact) mass is 215 g/mol. The summed E-state index contributed by atoms with van der Waals surface area (Å²) in [7, 11) is 0. The minimum atomic E-state index is -1.08. The molecule has 4 nitrogen and oxygen atoms in total. The predicted octanol–water partition coefficient (Wildman–Crippen LogP) is 0.593. The van der Waals surface area contributed by atoms with Gasteiger partial charge in [-0.05, 0) is 12.2 Å². The lowest BCUT2D eigenvalue weighted by Gasteiger charge is -2.17. The van der Waals surface area contributed by atoms with Crippen molar-refractivity contribution in [1.82, 2.24) is 4.90 Å². The Morgan fingerprint density at radius 3 is 2.71 bits per heavy atom. The van der Waals surface area contributed by atoms with Gasteiger partial charge in [-0.3, -0.25) is 4.79 Å². The number of carboxylic acid groups (broad SMARTS) is 1. The van der Waals surface area contributed by atoms with Gasteiger partial charge in [0.1, 0.15) is 0 Å². The maximum Gasteiger partial charge on any atom is 0.328 e. The highest BCUT2D eigenvalue weighted by molar-refractivity contribution is 7.99. The second-order valence-electron chi connectivity index (χ2n) is 2.96. The summed E-state index contributed by atoms with van der Waals surface area (Å²) < 4.78 is 0. The number of carbonyl (C=O) groups excluding carboxylic acids is 1. The van der Waals surface area contributed by atoms with E-state index in [9.17, 15) is 9.59 Å². The van der Waals surface area contributed by atoms with Crippen LogP contribution in [0.5, 0.6) is 0 Å². The Kier molecular flexibility index (Phi) is 4.52. The van der Waals surface area contributed by atoms with Gasteiger partial charge in [0, 0.05) is 31.0 Å². The minimum absolute atomic E-state index is 0.199. The molecule has 0 aromatic rings. The van der Waals surface area contributed by atoms with Crippen molar-refractivity contribution in [1.29, 1.82) is 0 Å². The molecule has 0 aromatic heterocycles. The standard InChI is InChI=1S/C9H13NO3S/c11-8(2-3-9(12)13)10-4-1-6-14-7-5-10/h2-3H,1,4-7H2,(H,12,13)/b3-2+. The first-order chi connectivity index (χ1) is 6.70. The summed E-state index contributed by atoms with van der Waals surface area (Å²) in [6, 6.07) is 0. The van der Waals surface area contributed by atoms with Gasteiger partial charge in [0.15, 0.2) is 0 Å². The molecule has 78 valence electrons. The maximum atomic E-state index is 11.4. The van der Waals surface area contributed by atoms with Gasteiger partial charge in [-0.1, -0.05) is 0 Å². The van der Waals surface area contributed by atoms with Crippen molar-refractivity contribution < 1.29 is 14.7 Å². The lowest BCUT2D eigenvalue weighted by atomic mass is 10.3. The summed E-state index contributed by atoms with van der Waals surface area (Å²) in [4.78, 5) is 23.3. The molecular formula is C9H13NO3S. The van der Waals surface area contributed by atoms with E-state index in [0.717, 1.165) is 36.6 Å². The first-order valence-corrected chi connectivity index (χ1v) is 5.63. The number of hydrogen-bond donors (Lipinski definition) is 1. The minimum Gasteiger partial charge on any atom is -0.478 e. The van der Waals surface area contributed by atoms with E-state index >= 15 is 0 Å². The molecule has 1 fully saturated rings. The molecular weight excluding hydrogens is 202 g/mol. The Balaban J connectivity index is 2.45. The van der Waals surface area contributed by atoms with Crippen LogP contribution in [-0.4, -0.2) is 46.5 Å². The lowest BCUT2D eigenvalue weighted by Crippen LogP contribution is -2.31. The molecule has 1 N–H and O–H groups in total. The number of thioether (sulfide) groups is 1. The second kappa shape index (κ2) is 5.70. The largest absolute Gasteiger partial charge is 0.478 e. The van der Waals surface area contributed by atoms with Gasteiger partial charge in [0.2, 0.25) is 5.91 Å². The molecule has 0 radical (unpaired) electrons. The van der Waals surface area contributed by atoms with Crippen LogP contribution in [0.2, 0.25) is 0 Å². The summed E-state index contributed by atoms with van der Waals surface area (Å²) in [6.45, 7) is 1.45. The van der Waals surface area contributed by atoms with E-state index in [-0.39, 0.29) is 5.91 Å². The number of rotatable bonds is 2. The highest BCUT2D eigenvalue weighted by Crippen LogP contribution is 2.10. The van der Waals surface area contributed by atoms with Gasteiger partial charge in [0.25, 0.3) is 0 Å². The quantitative estimate of drug-likeness (QED) is 0.685. The molecule has 14 heavy (non-hydrogen) atoms. The first kappa shape index (κ1) is 11.1. The van der Waals surface area contributed by atoms with Gasteiger partial charge >= 0.3 is 5.97 Å². The van der Waals surface area contributed by atoms with Crippen LogP contribution in [-0.2, 0) is 9.59 Å². The zero-order valence-electron chi connectivity index (χ0n) is 7.81. The van der Waals surface area contributed by atoms with Crippen molar-refractivity contribution in [2.45, 2.75) is 6.42 Å². The highest BCUT2D eigenvalue weighted by Gasteiger charge is 2.12. The maximum absolute atomic E-state index is 11.4. The smallest absolute Gasteiger partial charge is 0.328 e. The number of carboxylic acids is 1. The predicted molar refractivity (Wildman–Crippen MR) is 55.3 cm³/mol. The van der Waals surface area contributed by atoms with E-state index in [1.54, 1.807) is 4.90 Å². The number of hydrogen-bond acceptors (Lipinski definition) is 3. The van der Waals surface area contributed by atoms with E-state index < -0.39 is 5.97 Å². The van der Waals surface area contributed by atoms with Crippen LogP contribution in [0.25, 0.3) is 0 Å². The van der Waals surface area contributed by atoms with Gasteiger partial charge in [-0.25, -0.2) is 4.79 Å². The van der Waals surface area contributed by atoms with Crippen LogP contribution in [0.15, 0.2) is 12.2 Å². The number of carbonyl (C=O) groups is 2. The topological polar surface area (TPSA) is 57.6 Å². The Morgan fingerprint density at radius 1 is 1.21 bits per heavy atom. The Bertz CT molecular complexity index is 244. The summed E-state index contributed by atoms with van der Waals surface area (Å²) in [5.41, 5.74) is 0. The van der Waals surface area contributed by atoms with Gasteiger partial charge in [0.05, 0.1) is 0 Å². The number of nitrogens with zero attached hydrogens (tertiary/aromatic N) is 1. The highest BCUT2D eigenvalue weighted by atomic mass is 32.2. The van der Waals surface area contributed by atoms with Crippen LogP contribution >= 0.6 is 11.8 Å². The lowest BCUT2D eigenvalue weighted by molar-refractivity contribution is -0.132. The fraction of sp³-hybridized carbons (Fsp3) is 0.556. The van der Waals surface area contributed by atoms with Crippen molar-refractivity contribution >= 4 is 23.6 Å². The van der Waals surface area contributed by atoms with Crippen molar-refractivity contribution in [3.05, 3.63) is 12.2 Å². The normalized spacial score (nSPS) is 18.1. The third-order valence-corrected chi connectivity index (χ3v) is 2.95. The zero-order chi connectivity index (χ0) is 10.4. The summed E-state index contributed by atoms with van der Waals surface area (Å²) >= 11 is 1.83. The average molecular weight is 215 g/mol. The Morgan fingerprint density at radius 2 is 2.00 bits per heavy atom. The molecule has 0 spiro atoms. The molecule has 5 heteroatoms. The van der Waals surface area contributed by atoms with Crippen molar-refractivity contribution in [3.63, 3.8) is 0 Å². The van der Waals surface area contributed by atoms with Crippen LogP contribution in [0.1, 0.15) is 6.42 Å². The van der Waals surface area contributed by atoms with Crippen molar-refractivity contribution in [3.8, 4) is 0 Å². The summed E-state index contributed by atoms with van der Waals surface area (Å²) in [5.74, 6) is 0.733. The van der Waals surface area contributed by atoms with E-state index in [1.165, 1.54) is 0 Å². The van der Waals surface area contributed by atoms with E-state index in [2.05, 4.69) is 0 Å². The third kappa shape index (κ3) is 3.83.